The zero-order valence-electron chi connectivity index (χ0n) is 14.3. The second kappa shape index (κ2) is 4.32. The lowest BCUT2D eigenvalue weighted by molar-refractivity contribution is 0.547. The largest absolute Gasteiger partial charge is 0.454 e. The van der Waals surface area contributed by atoms with E-state index in [1.165, 1.54) is 33.2 Å². The Kier molecular flexibility index (Phi) is 2.51. The van der Waals surface area contributed by atoms with Crippen molar-refractivity contribution in [1.29, 1.82) is 0 Å². The minimum Gasteiger partial charge on any atom is -0.454 e. The zero-order chi connectivity index (χ0) is 16.6. The van der Waals surface area contributed by atoms with Crippen LogP contribution in [0.5, 0.6) is 0 Å². The molecule has 2 N–H and O–H groups in total. The van der Waals surface area contributed by atoms with E-state index in [0.717, 1.165) is 23.5 Å². The number of para-hydroxylation sites is 1. The third kappa shape index (κ3) is 1.51. The summed E-state index contributed by atoms with van der Waals surface area (Å²) in [5.74, 6) is 1.48. The Hall–Kier alpha value is -2.48. The number of allylic oxidation sites excluding steroid dienone is 1. The van der Waals surface area contributed by atoms with E-state index in [9.17, 15) is 0 Å². The third-order valence-corrected chi connectivity index (χ3v) is 5.94. The zero-order valence-corrected chi connectivity index (χ0v) is 14.3. The van der Waals surface area contributed by atoms with Crippen molar-refractivity contribution in [2.24, 2.45) is 0 Å². The Balaban J connectivity index is 1.91. The molecule has 1 unspecified atom stereocenters. The molecule has 0 bridgehead atoms. The summed E-state index contributed by atoms with van der Waals surface area (Å²) in [5, 5.41) is 1.17. The van der Waals surface area contributed by atoms with Gasteiger partial charge < -0.3 is 10.2 Å². The number of furan rings is 1. The minimum atomic E-state index is 0.0579. The van der Waals surface area contributed by atoms with Crippen LogP contribution in [0.15, 0.2) is 52.5 Å². The molecule has 0 fully saturated rings. The topological polar surface area (TPSA) is 39.2 Å². The van der Waals surface area contributed by atoms with Crippen LogP contribution in [-0.2, 0) is 5.41 Å². The molecule has 0 spiro atoms. The Labute approximate surface area is 142 Å². The van der Waals surface area contributed by atoms with E-state index < -0.39 is 0 Å². The Morgan fingerprint density at radius 1 is 1.08 bits per heavy atom. The quantitative estimate of drug-likeness (QED) is 0.547. The van der Waals surface area contributed by atoms with Gasteiger partial charge in [-0.3, -0.25) is 0 Å². The van der Waals surface area contributed by atoms with Gasteiger partial charge in [0.25, 0.3) is 0 Å². The fraction of sp³-hybridized carbons (Fsp3) is 0.273. The maximum atomic E-state index is 6.37. The lowest BCUT2D eigenvalue weighted by Gasteiger charge is -2.29. The summed E-state index contributed by atoms with van der Waals surface area (Å²) >= 11 is 0. The van der Waals surface area contributed by atoms with Crippen LogP contribution in [-0.4, -0.2) is 0 Å². The predicted octanol–water partition coefficient (Wildman–Crippen LogP) is 5.62. The van der Waals surface area contributed by atoms with E-state index in [-0.39, 0.29) is 5.41 Å². The molecule has 1 atom stereocenters. The van der Waals surface area contributed by atoms with Crippen LogP contribution in [0.1, 0.15) is 55.6 Å². The number of anilines is 1. The van der Waals surface area contributed by atoms with Crippen molar-refractivity contribution in [1.82, 2.24) is 0 Å². The molecule has 1 aromatic heterocycles. The van der Waals surface area contributed by atoms with E-state index in [0.29, 0.717) is 5.92 Å². The van der Waals surface area contributed by atoms with Gasteiger partial charge in [-0.25, -0.2) is 0 Å². The van der Waals surface area contributed by atoms with Gasteiger partial charge in [-0.2, -0.15) is 0 Å². The maximum absolute atomic E-state index is 6.37. The molecule has 2 aliphatic carbocycles. The second-order valence-corrected chi connectivity index (χ2v) is 7.70. The van der Waals surface area contributed by atoms with Crippen LogP contribution in [0.3, 0.4) is 0 Å². The van der Waals surface area contributed by atoms with E-state index in [4.69, 9.17) is 10.2 Å². The molecule has 0 saturated carbocycles. The molecular weight excluding hydrogens is 294 g/mol. The molecule has 2 aliphatic rings. The van der Waals surface area contributed by atoms with E-state index >= 15 is 0 Å². The standard InChI is InChI=1S/C22H21NO/c1-12-11-16-19(13-7-4-5-9-15(13)22(16,2)3)21-18(12)14-8-6-10-17(23)20(14)24-21/h4-10,12H,11,23H2,1-3H3. The first-order valence-electron chi connectivity index (χ1n) is 8.65. The number of hydrogen-bond donors (Lipinski definition) is 1. The summed E-state index contributed by atoms with van der Waals surface area (Å²) in [4.78, 5) is 0. The number of nitrogen functional groups attached to an aromatic ring is 1. The van der Waals surface area contributed by atoms with Crippen LogP contribution < -0.4 is 5.73 Å². The summed E-state index contributed by atoms with van der Waals surface area (Å²) in [5.41, 5.74) is 14.7. The third-order valence-electron chi connectivity index (χ3n) is 5.94. The van der Waals surface area contributed by atoms with Gasteiger partial charge in [0.15, 0.2) is 5.58 Å². The van der Waals surface area contributed by atoms with Crippen LogP contribution in [0.2, 0.25) is 0 Å². The van der Waals surface area contributed by atoms with Crippen molar-refractivity contribution in [2.45, 2.75) is 38.5 Å². The molecule has 3 aromatic rings. The number of fused-ring (bicyclic) bond motifs is 6. The van der Waals surface area contributed by atoms with Gasteiger partial charge in [0.1, 0.15) is 5.76 Å². The molecule has 0 saturated heterocycles. The van der Waals surface area contributed by atoms with Gasteiger partial charge in [-0.1, -0.05) is 57.2 Å². The molecule has 2 heteroatoms. The molecule has 0 radical (unpaired) electrons. The molecular formula is C22H21NO. The van der Waals surface area contributed by atoms with E-state index in [2.05, 4.69) is 51.1 Å². The molecule has 0 amide bonds. The monoisotopic (exact) mass is 315 g/mol. The van der Waals surface area contributed by atoms with Crippen LogP contribution in [0, 0.1) is 0 Å². The first-order valence-corrected chi connectivity index (χ1v) is 8.65. The van der Waals surface area contributed by atoms with Gasteiger partial charge in [0.05, 0.1) is 5.69 Å². The van der Waals surface area contributed by atoms with Crippen molar-refractivity contribution in [3.05, 3.63) is 70.5 Å². The number of hydrogen-bond acceptors (Lipinski definition) is 2. The summed E-state index contributed by atoms with van der Waals surface area (Å²) < 4.78 is 6.37. The van der Waals surface area contributed by atoms with E-state index in [1.54, 1.807) is 0 Å². The highest BCUT2D eigenvalue weighted by atomic mass is 16.3. The number of rotatable bonds is 0. The van der Waals surface area contributed by atoms with Gasteiger partial charge >= 0.3 is 0 Å². The lowest BCUT2D eigenvalue weighted by atomic mass is 9.74. The van der Waals surface area contributed by atoms with Gasteiger partial charge in [0.2, 0.25) is 0 Å². The summed E-state index contributed by atoms with van der Waals surface area (Å²) in [6.45, 7) is 6.98. The van der Waals surface area contributed by atoms with Crippen LogP contribution in [0.4, 0.5) is 5.69 Å². The SMILES string of the molecule is CC1CC2=C(c3ccccc3C2(C)C)c2oc3c(N)cccc3c21. The molecule has 120 valence electrons. The fourth-order valence-electron chi connectivity index (χ4n) is 4.74. The van der Waals surface area contributed by atoms with Crippen molar-refractivity contribution >= 4 is 22.2 Å². The molecule has 24 heavy (non-hydrogen) atoms. The molecule has 0 aliphatic heterocycles. The normalized spacial score (nSPS) is 20.9. The molecule has 1 heterocycles. The molecule has 2 aromatic carbocycles. The van der Waals surface area contributed by atoms with E-state index in [1.807, 2.05) is 12.1 Å². The summed E-state index contributed by atoms with van der Waals surface area (Å²) in [6.07, 6.45) is 1.08. The highest BCUT2D eigenvalue weighted by molar-refractivity contribution is 5.99. The van der Waals surface area contributed by atoms with Crippen molar-refractivity contribution in [3.63, 3.8) is 0 Å². The summed E-state index contributed by atoms with van der Waals surface area (Å²) in [7, 11) is 0. The Morgan fingerprint density at radius 2 is 1.88 bits per heavy atom. The van der Waals surface area contributed by atoms with Crippen molar-refractivity contribution < 1.29 is 4.42 Å². The first-order chi connectivity index (χ1) is 11.5. The van der Waals surface area contributed by atoms with Crippen LogP contribution in [0.25, 0.3) is 16.5 Å². The van der Waals surface area contributed by atoms with Crippen molar-refractivity contribution in [2.75, 3.05) is 5.73 Å². The lowest BCUT2D eigenvalue weighted by Crippen LogP contribution is -2.20. The highest BCUT2D eigenvalue weighted by Crippen LogP contribution is 2.57. The average molecular weight is 315 g/mol. The minimum absolute atomic E-state index is 0.0579. The van der Waals surface area contributed by atoms with Gasteiger partial charge in [0, 0.05) is 21.9 Å². The summed E-state index contributed by atoms with van der Waals surface area (Å²) in [6, 6.07) is 14.8. The smallest absolute Gasteiger partial charge is 0.157 e. The molecule has 2 nitrogen and oxygen atoms in total. The second-order valence-electron chi connectivity index (χ2n) is 7.70. The average Bonchev–Trinajstić information content (AvgIpc) is 3.05. The van der Waals surface area contributed by atoms with Crippen LogP contribution >= 0.6 is 0 Å². The molecule has 5 rings (SSSR count). The fourth-order valence-corrected chi connectivity index (χ4v) is 4.74. The highest BCUT2D eigenvalue weighted by Gasteiger charge is 2.43. The number of benzene rings is 2. The predicted molar refractivity (Wildman–Crippen MR) is 99.1 cm³/mol. The number of nitrogens with two attached hydrogens (primary N) is 1. The maximum Gasteiger partial charge on any atom is 0.157 e. The van der Waals surface area contributed by atoms with Crippen molar-refractivity contribution in [3.8, 4) is 0 Å². The van der Waals surface area contributed by atoms with Gasteiger partial charge in [-0.05, 0) is 35.1 Å². The van der Waals surface area contributed by atoms with Gasteiger partial charge in [-0.15, -0.1) is 0 Å². The Bertz CT molecular complexity index is 1040. The first kappa shape index (κ1) is 13.9. The Morgan fingerprint density at radius 3 is 2.71 bits per heavy atom.